The van der Waals surface area contributed by atoms with Crippen LogP contribution in [0.2, 0.25) is 5.02 Å². The number of methoxy groups -OCH3 is 1. The summed E-state index contributed by atoms with van der Waals surface area (Å²) >= 11 is 6.35. The van der Waals surface area contributed by atoms with Gasteiger partial charge in [0.15, 0.2) is 0 Å². The maximum atomic E-state index is 13.3. The molecular weight excluding hydrogens is 426 g/mol. The lowest BCUT2D eigenvalue weighted by molar-refractivity contribution is -0.143. The first-order valence-corrected chi connectivity index (χ1v) is 11.5. The van der Waals surface area contributed by atoms with E-state index < -0.39 is 0 Å². The fourth-order valence-corrected chi connectivity index (χ4v) is 3.74. The summed E-state index contributed by atoms with van der Waals surface area (Å²) in [5, 5.41) is 0.725. The Bertz CT molecular complexity index is 879. The van der Waals surface area contributed by atoms with E-state index in [1.807, 2.05) is 61.3 Å². The number of carbonyl (C=O) groups is 2. The molecule has 0 unspecified atom stereocenters. The number of hydrogen-bond acceptors (Lipinski definition) is 3. The van der Waals surface area contributed by atoms with E-state index in [2.05, 4.69) is 18.4 Å². The van der Waals surface area contributed by atoms with Gasteiger partial charge < -0.3 is 19.1 Å². The fourth-order valence-electron chi connectivity index (χ4n) is 3.55. The van der Waals surface area contributed by atoms with Gasteiger partial charge in [0.25, 0.3) is 0 Å². The van der Waals surface area contributed by atoms with Crippen LogP contribution in [-0.2, 0) is 27.4 Å². The van der Waals surface area contributed by atoms with E-state index in [1.54, 1.807) is 12.0 Å². The monoisotopic (exact) mass is 461 g/mol. The molecule has 0 spiro atoms. The molecule has 0 aliphatic heterocycles. The zero-order valence-corrected chi connectivity index (χ0v) is 20.6. The fraction of sp³-hybridized carbons (Fsp3) is 0.520. The molecule has 0 N–H and O–H groups in total. The first-order chi connectivity index (χ1) is 15.2. The van der Waals surface area contributed by atoms with Gasteiger partial charge in [-0.25, -0.2) is 0 Å². The molecule has 32 heavy (non-hydrogen) atoms. The number of aromatic nitrogens is 1. The Balaban J connectivity index is 2.18. The van der Waals surface area contributed by atoms with Crippen LogP contribution in [0.25, 0.3) is 0 Å². The van der Waals surface area contributed by atoms with Gasteiger partial charge in [0, 0.05) is 49.6 Å². The lowest BCUT2D eigenvalue weighted by Gasteiger charge is -2.30. The maximum Gasteiger partial charge on any atom is 0.242 e. The second-order valence-electron chi connectivity index (χ2n) is 8.79. The third-order valence-corrected chi connectivity index (χ3v) is 5.58. The highest BCUT2D eigenvalue weighted by Crippen LogP contribution is 2.18. The minimum Gasteiger partial charge on any atom is -0.383 e. The van der Waals surface area contributed by atoms with E-state index in [-0.39, 0.29) is 24.3 Å². The number of benzene rings is 1. The normalized spacial score (nSPS) is 11.2. The molecule has 7 heteroatoms. The summed E-state index contributed by atoms with van der Waals surface area (Å²) in [6, 6.07) is 11.8. The summed E-state index contributed by atoms with van der Waals surface area (Å²) < 4.78 is 7.26. The molecule has 0 saturated carbocycles. The second-order valence-corrected chi connectivity index (χ2v) is 9.20. The average Bonchev–Trinajstić information content (AvgIpc) is 3.17. The van der Waals surface area contributed by atoms with Crippen molar-refractivity contribution in [2.45, 2.75) is 40.8 Å². The van der Waals surface area contributed by atoms with Gasteiger partial charge in [-0.15, -0.1) is 0 Å². The summed E-state index contributed by atoms with van der Waals surface area (Å²) in [7, 11) is 1.60. The Morgan fingerprint density at radius 2 is 1.78 bits per heavy atom. The van der Waals surface area contributed by atoms with Crippen LogP contribution < -0.4 is 0 Å². The molecule has 0 saturated heterocycles. The molecule has 2 amide bonds. The molecule has 1 heterocycles. The largest absolute Gasteiger partial charge is 0.383 e. The van der Waals surface area contributed by atoms with Gasteiger partial charge in [-0.05, 0) is 29.7 Å². The van der Waals surface area contributed by atoms with E-state index in [0.717, 1.165) is 16.3 Å². The summed E-state index contributed by atoms with van der Waals surface area (Å²) in [6.07, 6.45) is 2.00. The van der Waals surface area contributed by atoms with Gasteiger partial charge in [-0.3, -0.25) is 9.59 Å². The third kappa shape index (κ3) is 7.68. The zero-order chi connectivity index (χ0) is 23.7. The number of hydrogen-bond donors (Lipinski definition) is 0. The highest BCUT2D eigenvalue weighted by molar-refractivity contribution is 6.31. The SMILES string of the molecule is COCCN(CC(=O)N(Cc1cccn1Cc1ccccc1Cl)CC(C)C)C(=O)C(C)C. The second kappa shape index (κ2) is 12.7. The maximum absolute atomic E-state index is 13.3. The Morgan fingerprint density at radius 3 is 2.41 bits per heavy atom. The molecule has 0 bridgehead atoms. The van der Waals surface area contributed by atoms with Gasteiger partial charge in [0.1, 0.15) is 0 Å². The van der Waals surface area contributed by atoms with Gasteiger partial charge in [-0.1, -0.05) is 57.5 Å². The molecule has 0 aliphatic rings. The highest BCUT2D eigenvalue weighted by atomic mass is 35.5. The van der Waals surface area contributed by atoms with Crippen LogP contribution in [0.5, 0.6) is 0 Å². The van der Waals surface area contributed by atoms with Gasteiger partial charge in [0.05, 0.1) is 19.7 Å². The predicted molar refractivity (Wildman–Crippen MR) is 129 cm³/mol. The summed E-state index contributed by atoms with van der Waals surface area (Å²) in [5.74, 6) is 0.0292. The Hall–Kier alpha value is -2.31. The minimum absolute atomic E-state index is 0.0398. The number of halogens is 1. The number of ether oxygens (including phenoxy) is 1. The quantitative estimate of drug-likeness (QED) is 0.473. The molecule has 0 aliphatic carbocycles. The molecule has 0 atom stereocenters. The first kappa shape index (κ1) is 25.9. The van der Waals surface area contributed by atoms with E-state index >= 15 is 0 Å². The van der Waals surface area contributed by atoms with Crippen LogP contribution in [0.4, 0.5) is 0 Å². The lowest BCUT2D eigenvalue weighted by Crippen LogP contribution is -2.46. The van der Waals surface area contributed by atoms with Crippen molar-refractivity contribution in [2.75, 3.05) is 33.4 Å². The molecular formula is C25H36ClN3O3. The van der Waals surface area contributed by atoms with E-state index in [1.165, 1.54) is 0 Å². The van der Waals surface area contributed by atoms with Gasteiger partial charge >= 0.3 is 0 Å². The number of amides is 2. The summed E-state index contributed by atoms with van der Waals surface area (Å²) in [5.41, 5.74) is 2.05. The topological polar surface area (TPSA) is 54.8 Å². The molecule has 176 valence electrons. The smallest absolute Gasteiger partial charge is 0.242 e. The predicted octanol–water partition coefficient (Wildman–Crippen LogP) is 4.31. The average molecular weight is 462 g/mol. The van der Waals surface area contributed by atoms with E-state index in [0.29, 0.717) is 38.7 Å². The number of rotatable bonds is 12. The van der Waals surface area contributed by atoms with Crippen LogP contribution in [0, 0.1) is 11.8 Å². The standard InChI is InChI=1S/C25H36ClN3O3/c1-19(2)15-29(24(30)18-28(13-14-32-5)25(31)20(3)4)17-22-10-8-12-27(22)16-21-9-6-7-11-23(21)26/h6-12,19-20H,13-18H2,1-5H3. The number of nitrogens with zero attached hydrogens (tertiary/aromatic N) is 3. The van der Waals surface area contributed by atoms with Crippen molar-refractivity contribution < 1.29 is 14.3 Å². The Labute approximate surface area is 197 Å². The van der Waals surface area contributed by atoms with Crippen molar-refractivity contribution in [1.82, 2.24) is 14.4 Å². The Morgan fingerprint density at radius 1 is 1.06 bits per heavy atom. The third-order valence-electron chi connectivity index (χ3n) is 5.21. The summed E-state index contributed by atoms with van der Waals surface area (Å²) in [6.45, 7) is 10.5. The van der Waals surface area contributed by atoms with Crippen LogP contribution in [0.3, 0.4) is 0 Å². The zero-order valence-electron chi connectivity index (χ0n) is 19.9. The molecule has 1 aromatic heterocycles. The van der Waals surface area contributed by atoms with Crippen LogP contribution in [0.1, 0.15) is 39.0 Å². The van der Waals surface area contributed by atoms with Crippen LogP contribution in [0.15, 0.2) is 42.6 Å². The molecule has 2 rings (SSSR count). The van der Waals surface area contributed by atoms with Crippen molar-refractivity contribution in [3.05, 3.63) is 58.9 Å². The summed E-state index contributed by atoms with van der Waals surface area (Å²) in [4.78, 5) is 29.4. The van der Waals surface area contributed by atoms with E-state index in [9.17, 15) is 9.59 Å². The van der Waals surface area contributed by atoms with Crippen molar-refractivity contribution in [3.8, 4) is 0 Å². The van der Waals surface area contributed by atoms with Crippen molar-refractivity contribution >= 4 is 23.4 Å². The molecule has 2 aromatic rings. The molecule has 6 nitrogen and oxygen atoms in total. The number of carbonyl (C=O) groups excluding carboxylic acids is 2. The lowest BCUT2D eigenvalue weighted by atomic mass is 10.1. The van der Waals surface area contributed by atoms with Gasteiger partial charge in [0.2, 0.25) is 11.8 Å². The molecule has 0 fully saturated rings. The molecule has 1 aromatic carbocycles. The first-order valence-electron chi connectivity index (χ1n) is 11.2. The van der Waals surface area contributed by atoms with Crippen LogP contribution >= 0.6 is 11.6 Å². The van der Waals surface area contributed by atoms with Gasteiger partial charge in [-0.2, -0.15) is 0 Å². The van der Waals surface area contributed by atoms with Crippen molar-refractivity contribution in [2.24, 2.45) is 11.8 Å². The molecule has 0 radical (unpaired) electrons. The Kier molecular flexibility index (Phi) is 10.3. The highest BCUT2D eigenvalue weighted by Gasteiger charge is 2.24. The van der Waals surface area contributed by atoms with Crippen LogP contribution in [-0.4, -0.2) is 59.5 Å². The minimum atomic E-state index is -0.175. The van der Waals surface area contributed by atoms with E-state index in [4.69, 9.17) is 16.3 Å². The van der Waals surface area contributed by atoms with Crippen molar-refractivity contribution in [1.29, 1.82) is 0 Å². The van der Waals surface area contributed by atoms with Crippen molar-refractivity contribution in [3.63, 3.8) is 0 Å².